The van der Waals surface area contributed by atoms with E-state index in [4.69, 9.17) is 9.26 Å². The minimum Gasteiger partial charge on any atom is -0.469 e. The van der Waals surface area contributed by atoms with Gasteiger partial charge in [-0.2, -0.15) is 5.10 Å². The topological polar surface area (TPSA) is 102 Å². The van der Waals surface area contributed by atoms with Crippen molar-refractivity contribution in [3.8, 4) is 11.3 Å². The lowest BCUT2D eigenvalue weighted by Crippen LogP contribution is -2.41. The molecular formula is C18H25N5O4. The maximum Gasteiger partial charge on any atom is 0.307 e. The highest BCUT2D eigenvalue weighted by Crippen LogP contribution is 2.25. The van der Waals surface area contributed by atoms with E-state index in [-0.39, 0.29) is 29.7 Å². The average Bonchev–Trinajstić information content (AvgIpc) is 3.35. The van der Waals surface area contributed by atoms with Gasteiger partial charge in [-0.1, -0.05) is 5.16 Å². The van der Waals surface area contributed by atoms with Crippen LogP contribution >= 0.6 is 0 Å². The van der Waals surface area contributed by atoms with Crippen LogP contribution < -0.4 is 5.32 Å². The van der Waals surface area contributed by atoms with Crippen molar-refractivity contribution >= 4 is 11.9 Å². The van der Waals surface area contributed by atoms with Gasteiger partial charge in [0.2, 0.25) is 0 Å². The van der Waals surface area contributed by atoms with E-state index < -0.39 is 0 Å². The Morgan fingerprint density at radius 1 is 1.33 bits per heavy atom. The Balaban J connectivity index is 1.56. The van der Waals surface area contributed by atoms with E-state index in [0.29, 0.717) is 18.7 Å². The molecule has 1 aliphatic rings. The molecule has 2 atom stereocenters. The molecule has 1 fully saturated rings. The van der Waals surface area contributed by atoms with Crippen LogP contribution in [0.1, 0.15) is 35.4 Å². The Morgan fingerprint density at radius 2 is 2.07 bits per heavy atom. The standard InChI is InChI=1S/C18H25N5O4/c1-11-14(10-20-23(11)3)16-8-15(21-27-16)18(25)19-9-13-6-5-12(22(13)2)7-17(24)26-4/h8,10,12-13H,5-7,9H2,1-4H3,(H,19,25)/t12-,13+/m1/s1. The first-order chi connectivity index (χ1) is 12.9. The fourth-order valence-corrected chi connectivity index (χ4v) is 3.41. The molecule has 3 heterocycles. The van der Waals surface area contributed by atoms with E-state index in [0.717, 1.165) is 24.1 Å². The van der Waals surface area contributed by atoms with Gasteiger partial charge in [0, 0.05) is 37.4 Å². The summed E-state index contributed by atoms with van der Waals surface area (Å²) in [6.45, 7) is 2.41. The summed E-state index contributed by atoms with van der Waals surface area (Å²) < 4.78 is 11.8. The highest BCUT2D eigenvalue weighted by molar-refractivity contribution is 5.93. The number of nitrogens with zero attached hydrogens (tertiary/aromatic N) is 4. The number of ether oxygens (including phenoxy) is 1. The van der Waals surface area contributed by atoms with Crippen LogP contribution in [0, 0.1) is 6.92 Å². The lowest BCUT2D eigenvalue weighted by Gasteiger charge is -2.25. The van der Waals surface area contributed by atoms with Crippen LogP contribution in [0.2, 0.25) is 0 Å². The van der Waals surface area contributed by atoms with E-state index in [1.54, 1.807) is 16.9 Å². The number of aromatic nitrogens is 3. The summed E-state index contributed by atoms with van der Waals surface area (Å²) in [7, 11) is 5.21. The van der Waals surface area contributed by atoms with E-state index in [2.05, 4.69) is 20.5 Å². The molecule has 9 heteroatoms. The smallest absolute Gasteiger partial charge is 0.307 e. The quantitative estimate of drug-likeness (QED) is 0.755. The van der Waals surface area contributed by atoms with Crippen LogP contribution in [0.15, 0.2) is 16.8 Å². The van der Waals surface area contributed by atoms with Crippen molar-refractivity contribution in [1.29, 1.82) is 0 Å². The van der Waals surface area contributed by atoms with Crippen LogP contribution in [-0.2, 0) is 16.6 Å². The molecule has 1 N–H and O–H groups in total. The number of likely N-dealkylation sites (tertiary alicyclic amines) is 1. The molecule has 0 spiro atoms. The van der Waals surface area contributed by atoms with Gasteiger partial charge >= 0.3 is 5.97 Å². The van der Waals surface area contributed by atoms with Crippen LogP contribution in [0.25, 0.3) is 11.3 Å². The van der Waals surface area contributed by atoms with E-state index in [1.165, 1.54) is 7.11 Å². The Morgan fingerprint density at radius 3 is 2.74 bits per heavy atom. The van der Waals surface area contributed by atoms with E-state index in [9.17, 15) is 9.59 Å². The Hall–Kier alpha value is -2.68. The summed E-state index contributed by atoms with van der Waals surface area (Å²) in [6, 6.07) is 1.94. The van der Waals surface area contributed by atoms with Crippen molar-refractivity contribution in [3.63, 3.8) is 0 Å². The highest BCUT2D eigenvalue weighted by atomic mass is 16.5. The summed E-state index contributed by atoms with van der Waals surface area (Å²) in [6.07, 6.45) is 3.87. The van der Waals surface area contributed by atoms with Gasteiger partial charge < -0.3 is 14.6 Å². The molecule has 0 radical (unpaired) electrons. The molecule has 2 aromatic heterocycles. The SMILES string of the molecule is COC(=O)C[C@H]1CC[C@@H](CNC(=O)c2cc(-c3cnn(C)c3C)on2)N1C. The average molecular weight is 375 g/mol. The monoisotopic (exact) mass is 375 g/mol. The summed E-state index contributed by atoms with van der Waals surface area (Å²) in [5.41, 5.74) is 1.98. The van der Waals surface area contributed by atoms with Crippen LogP contribution in [-0.4, -0.2) is 64.5 Å². The molecular weight excluding hydrogens is 350 g/mol. The molecule has 27 heavy (non-hydrogen) atoms. The number of likely N-dealkylation sites (N-methyl/N-ethyl adjacent to an activating group) is 1. The number of hydrogen-bond donors (Lipinski definition) is 1. The summed E-state index contributed by atoms with van der Waals surface area (Å²) in [5, 5.41) is 10.9. The Bertz CT molecular complexity index is 828. The summed E-state index contributed by atoms with van der Waals surface area (Å²) in [4.78, 5) is 26.0. The maximum absolute atomic E-state index is 12.4. The maximum atomic E-state index is 12.4. The predicted octanol–water partition coefficient (Wildman–Crippen LogP) is 1.14. The van der Waals surface area contributed by atoms with Crippen molar-refractivity contribution in [3.05, 3.63) is 23.7 Å². The fourth-order valence-electron chi connectivity index (χ4n) is 3.41. The number of carbonyl (C=O) groups is 2. The lowest BCUT2D eigenvalue weighted by molar-refractivity contribution is -0.141. The lowest BCUT2D eigenvalue weighted by atomic mass is 10.1. The first kappa shape index (κ1) is 19.1. The third-order valence-electron chi connectivity index (χ3n) is 5.36. The van der Waals surface area contributed by atoms with E-state index >= 15 is 0 Å². The largest absolute Gasteiger partial charge is 0.469 e. The molecule has 0 saturated carbocycles. The Kier molecular flexibility index (Phi) is 5.59. The van der Waals surface area contributed by atoms with Gasteiger partial charge in [0.25, 0.3) is 5.91 Å². The number of methoxy groups -OCH3 is 1. The number of hydrogen-bond acceptors (Lipinski definition) is 7. The zero-order chi connectivity index (χ0) is 19.6. The molecule has 0 bridgehead atoms. The van der Waals surface area contributed by atoms with Gasteiger partial charge in [0.15, 0.2) is 11.5 Å². The number of aryl methyl sites for hydroxylation is 1. The molecule has 1 saturated heterocycles. The van der Waals surface area contributed by atoms with Gasteiger partial charge in [-0.3, -0.25) is 19.2 Å². The second kappa shape index (κ2) is 7.91. The molecule has 0 aliphatic carbocycles. The second-order valence-corrected chi connectivity index (χ2v) is 6.88. The highest BCUT2D eigenvalue weighted by Gasteiger charge is 2.32. The number of amides is 1. The van der Waals surface area contributed by atoms with Crippen molar-refractivity contribution in [2.24, 2.45) is 7.05 Å². The third-order valence-corrected chi connectivity index (χ3v) is 5.36. The van der Waals surface area contributed by atoms with Crippen LogP contribution in [0.3, 0.4) is 0 Å². The van der Waals surface area contributed by atoms with Gasteiger partial charge in [-0.05, 0) is 26.8 Å². The van der Waals surface area contributed by atoms with Crippen LogP contribution in [0.5, 0.6) is 0 Å². The molecule has 3 rings (SSSR count). The van der Waals surface area contributed by atoms with Crippen LogP contribution in [0.4, 0.5) is 0 Å². The zero-order valence-corrected chi connectivity index (χ0v) is 16.1. The minimum absolute atomic E-state index is 0.145. The summed E-state index contributed by atoms with van der Waals surface area (Å²) in [5.74, 6) is 0.0237. The molecule has 0 aromatic carbocycles. The predicted molar refractivity (Wildman–Crippen MR) is 97.0 cm³/mol. The number of rotatable bonds is 6. The Labute approximate surface area is 157 Å². The zero-order valence-electron chi connectivity index (χ0n) is 16.1. The first-order valence-electron chi connectivity index (χ1n) is 8.93. The van der Waals surface area contributed by atoms with Crippen molar-refractivity contribution in [1.82, 2.24) is 25.2 Å². The van der Waals surface area contributed by atoms with Crippen molar-refractivity contribution < 1.29 is 18.8 Å². The minimum atomic E-state index is -0.281. The number of nitrogens with one attached hydrogen (secondary N) is 1. The molecule has 146 valence electrons. The number of carbonyl (C=O) groups excluding carboxylic acids is 2. The van der Waals surface area contributed by atoms with E-state index in [1.807, 2.05) is 21.0 Å². The van der Waals surface area contributed by atoms with Crippen molar-refractivity contribution in [2.45, 2.75) is 38.3 Å². The van der Waals surface area contributed by atoms with Crippen molar-refractivity contribution in [2.75, 3.05) is 20.7 Å². The van der Waals surface area contributed by atoms with Gasteiger partial charge in [0.05, 0.1) is 25.3 Å². The molecule has 1 amide bonds. The molecule has 2 aromatic rings. The third kappa shape index (κ3) is 4.02. The first-order valence-corrected chi connectivity index (χ1v) is 8.93. The number of esters is 1. The van der Waals surface area contributed by atoms with Gasteiger partial charge in [-0.15, -0.1) is 0 Å². The molecule has 0 unspecified atom stereocenters. The molecule has 1 aliphatic heterocycles. The van der Waals surface area contributed by atoms with Gasteiger partial charge in [-0.25, -0.2) is 0 Å². The second-order valence-electron chi connectivity index (χ2n) is 6.88. The molecule has 9 nitrogen and oxygen atoms in total. The van der Waals surface area contributed by atoms with Gasteiger partial charge in [0.1, 0.15) is 0 Å². The normalized spacial score (nSPS) is 20.0. The fraction of sp³-hybridized carbons (Fsp3) is 0.556. The summed E-state index contributed by atoms with van der Waals surface area (Å²) >= 11 is 0.